The van der Waals surface area contributed by atoms with Crippen LogP contribution < -0.4 is 0 Å². The molecule has 6 nitrogen and oxygen atoms in total. The van der Waals surface area contributed by atoms with E-state index < -0.39 is 5.97 Å². The fourth-order valence-corrected chi connectivity index (χ4v) is 4.17. The van der Waals surface area contributed by atoms with E-state index in [0.717, 1.165) is 5.56 Å². The van der Waals surface area contributed by atoms with Gasteiger partial charge in [0.25, 0.3) is 5.91 Å². The van der Waals surface area contributed by atoms with Gasteiger partial charge in [0.15, 0.2) is 0 Å². The van der Waals surface area contributed by atoms with Gasteiger partial charge in [-0.25, -0.2) is 4.79 Å². The van der Waals surface area contributed by atoms with Crippen LogP contribution in [-0.4, -0.2) is 28.1 Å². The smallest absolute Gasteiger partial charge is 0.338 e. The maximum Gasteiger partial charge on any atom is 0.338 e. The number of rotatable bonds is 5. The van der Waals surface area contributed by atoms with Crippen LogP contribution in [0.4, 0.5) is 0 Å². The lowest BCUT2D eigenvalue weighted by atomic mass is 10.1. The van der Waals surface area contributed by atoms with Gasteiger partial charge in [-0.3, -0.25) is 9.69 Å². The van der Waals surface area contributed by atoms with Gasteiger partial charge < -0.3 is 9.15 Å². The lowest BCUT2D eigenvalue weighted by molar-refractivity contribution is -0.121. The largest absolute Gasteiger partial charge is 0.457 e. The summed E-state index contributed by atoms with van der Waals surface area (Å²) < 4.78 is 11.7. The highest BCUT2D eigenvalue weighted by molar-refractivity contribution is 8.26. The minimum absolute atomic E-state index is 0.0237. The number of thiocarbonyl (C=S) groups is 1. The summed E-state index contributed by atoms with van der Waals surface area (Å²) in [5, 5.41) is 9.13. The molecule has 2 heterocycles. The molecule has 0 atom stereocenters. The van der Waals surface area contributed by atoms with Gasteiger partial charge in [-0.1, -0.05) is 54.3 Å². The Morgan fingerprint density at radius 3 is 2.62 bits per heavy atom. The van der Waals surface area contributed by atoms with E-state index in [0.29, 0.717) is 37.4 Å². The van der Waals surface area contributed by atoms with Gasteiger partial charge in [0.05, 0.1) is 22.1 Å². The van der Waals surface area contributed by atoms with Crippen LogP contribution in [0.3, 0.4) is 0 Å². The van der Waals surface area contributed by atoms with Crippen LogP contribution in [0.15, 0.2) is 70.0 Å². The number of hydrogen-bond donors (Lipinski definition) is 0. The van der Waals surface area contributed by atoms with E-state index in [1.54, 1.807) is 73.8 Å². The zero-order valence-electron chi connectivity index (χ0n) is 16.9. The predicted octanol–water partition coefficient (Wildman–Crippen LogP) is 5.01. The maximum atomic E-state index is 12.4. The first-order valence-electron chi connectivity index (χ1n) is 9.53. The second-order valence-corrected chi connectivity index (χ2v) is 8.54. The first-order valence-corrected chi connectivity index (χ1v) is 10.8. The molecule has 0 spiro atoms. The summed E-state index contributed by atoms with van der Waals surface area (Å²) in [7, 11) is 1.64. The van der Waals surface area contributed by atoms with Crippen LogP contribution in [0.1, 0.15) is 27.2 Å². The summed E-state index contributed by atoms with van der Waals surface area (Å²) in [6.07, 6.45) is 1.66. The Balaban J connectivity index is 1.43. The number of likely N-dealkylation sites (N-methyl/N-ethyl adjacent to an activating group) is 1. The Hall–Kier alpha value is -3.67. The third-order valence-corrected chi connectivity index (χ3v) is 6.27. The van der Waals surface area contributed by atoms with Crippen molar-refractivity contribution in [3.8, 4) is 17.4 Å². The number of benzene rings is 2. The number of amides is 1. The highest BCUT2D eigenvalue weighted by atomic mass is 32.2. The third kappa shape index (κ3) is 4.49. The first kappa shape index (κ1) is 21.6. The van der Waals surface area contributed by atoms with Crippen molar-refractivity contribution < 1.29 is 18.7 Å². The molecule has 158 valence electrons. The molecule has 0 radical (unpaired) electrons. The number of hydrogen-bond acceptors (Lipinski definition) is 7. The molecule has 2 aromatic carbocycles. The molecule has 0 saturated carbocycles. The number of nitriles is 1. The molecular weight excluding hydrogens is 444 g/mol. The van der Waals surface area contributed by atoms with Crippen molar-refractivity contribution >= 4 is 46.3 Å². The average Bonchev–Trinajstić information content (AvgIpc) is 3.38. The number of carbonyl (C=O) groups excluding carboxylic acids is 2. The number of ether oxygens (including phenoxy) is 1. The molecule has 8 heteroatoms. The van der Waals surface area contributed by atoms with Gasteiger partial charge >= 0.3 is 5.97 Å². The predicted molar refractivity (Wildman–Crippen MR) is 125 cm³/mol. The van der Waals surface area contributed by atoms with Crippen LogP contribution >= 0.6 is 24.0 Å². The van der Waals surface area contributed by atoms with E-state index in [9.17, 15) is 9.59 Å². The number of nitrogens with zero attached hydrogens (tertiary/aromatic N) is 2. The second kappa shape index (κ2) is 9.22. The molecule has 0 unspecified atom stereocenters. The summed E-state index contributed by atoms with van der Waals surface area (Å²) in [6.45, 7) is 0.0237. The quantitative estimate of drug-likeness (QED) is 0.301. The van der Waals surface area contributed by atoms with Crippen LogP contribution in [-0.2, 0) is 16.1 Å². The van der Waals surface area contributed by atoms with Crippen LogP contribution in [0.5, 0.6) is 0 Å². The monoisotopic (exact) mass is 460 g/mol. The lowest BCUT2D eigenvalue weighted by Crippen LogP contribution is -2.22. The van der Waals surface area contributed by atoms with Crippen molar-refractivity contribution in [2.75, 3.05) is 7.05 Å². The highest BCUT2D eigenvalue weighted by Crippen LogP contribution is 2.32. The molecule has 1 aliphatic heterocycles. The molecule has 3 aromatic rings. The van der Waals surface area contributed by atoms with E-state index in [4.69, 9.17) is 26.6 Å². The van der Waals surface area contributed by atoms with Crippen molar-refractivity contribution in [2.45, 2.75) is 6.61 Å². The molecule has 1 saturated heterocycles. The van der Waals surface area contributed by atoms with Crippen molar-refractivity contribution in [1.29, 1.82) is 5.26 Å². The van der Waals surface area contributed by atoms with E-state index in [2.05, 4.69) is 6.07 Å². The molecule has 1 amide bonds. The Morgan fingerprint density at radius 1 is 1.19 bits per heavy atom. The number of esters is 1. The number of thioether (sulfide) groups is 1. The first-order chi connectivity index (χ1) is 15.5. The van der Waals surface area contributed by atoms with Crippen molar-refractivity contribution in [1.82, 2.24) is 4.90 Å². The molecular formula is C24H16N2O4S2. The normalized spacial score (nSPS) is 14.6. The van der Waals surface area contributed by atoms with Gasteiger partial charge in [-0.15, -0.1) is 0 Å². The van der Waals surface area contributed by atoms with Crippen molar-refractivity contribution in [3.63, 3.8) is 0 Å². The molecule has 4 rings (SSSR count). The molecule has 32 heavy (non-hydrogen) atoms. The fraction of sp³-hybridized carbons (Fsp3) is 0.0833. The summed E-state index contributed by atoms with van der Waals surface area (Å²) in [4.78, 5) is 26.4. The number of furan rings is 1. The number of carbonyl (C=O) groups is 2. The van der Waals surface area contributed by atoms with Gasteiger partial charge in [-0.05, 0) is 30.3 Å². The minimum atomic E-state index is -0.481. The second-order valence-electron chi connectivity index (χ2n) is 6.87. The van der Waals surface area contributed by atoms with E-state index >= 15 is 0 Å². The summed E-state index contributed by atoms with van der Waals surface area (Å²) in [5.41, 5.74) is 2.30. The Labute approximate surface area is 194 Å². The molecule has 0 N–H and O–H groups in total. The summed E-state index contributed by atoms with van der Waals surface area (Å²) in [5.74, 6) is 0.504. The third-order valence-electron chi connectivity index (χ3n) is 4.79. The van der Waals surface area contributed by atoms with Crippen molar-refractivity contribution in [2.24, 2.45) is 0 Å². The van der Waals surface area contributed by atoms with E-state index in [1.807, 2.05) is 0 Å². The van der Waals surface area contributed by atoms with Gasteiger partial charge in [0.1, 0.15) is 22.4 Å². The lowest BCUT2D eigenvalue weighted by Gasteiger charge is -2.07. The Kier molecular flexibility index (Phi) is 6.21. The topological polar surface area (TPSA) is 83.5 Å². The minimum Gasteiger partial charge on any atom is -0.457 e. The zero-order valence-corrected chi connectivity index (χ0v) is 18.5. The average molecular weight is 461 g/mol. The Morgan fingerprint density at radius 2 is 1.94 bits per heavy atom. The Bertz CT molecular complexity index is 1290. The van der Waals surface area contributed by atoms with E-state index in [1.165, 1.54) is 16.7 Å². The summed E-state index contributed by atoms with van der Waals surface area (Å²) in [6, 6.07) is 19.5. The van der Waals surface area contributed by atoms with Crippen molar-refractivity contribution in [3.05, 3.63) is 88.0 Å². The fourth-order valence-electron chi connectivity index (χ4n) is 3.01. The van der Waals surface area contributed by atoms with Crippen LogP contribution in [0.25, 0.3) is 17.4 Å². The van der Waals surface area contributed by atoms with Crippen LogP contribution in [0.2, 0.25) is 0 Å². The molecule has 1 aromatic heterocycles. The van der Waals surface area contributed by atoms with Gasteiger partial charge in [-0.2, -0.15) is 5.26 Å². The SMILES string of the molecule is CN1C(=O)C(=Cc2ccc(-c3ccc(C(=O)OCc4ccccc4C#N)cc3)o2)SC1=S. The molecule has 0 bridgehead atoms. The summed E-state index contributed by atoms with van der Waals surface area (Å²) >= 11 is 6.36. The van der Waals surface area contributed by atoms with Gasteiger partial charge in [0, 0.05) is 24.3 Å². The standard InChI is InChI=1S/C24H16N2O4S2/c1-26-22(27)21(32-24(26)31)12-19-10-11-20(30-19)15-6-8-16(9-7-15)23(28)29-14-18-5-3-2-4-17(18)13-25/h2-12H,14H2,1H3. The zero-order chi connectivity index (χ0) is 22.7. The molecule has 1 aliphatic rings. The molecule has 1 fully saturated rings. The van der Waals surface area contributed by atoms with Crippen LogP contribution in [0, 0.1) is 11.3 Å². The van der Waals surface area contributed by atoms with Gasteiger partial charge in [0.2, 0.25) is 0 Å². The highest BCUT2D eigenvalue weighted by Gasteiger charge is 2.29. The molecule has 0 aliphatic carbocycles. The maximum absolute atomic E-state index is 12.4. The van der Waals surface area contributed by atoms with E-state index in [-0.39, 0.29) is 12.5 Å².